The van der Waals surface area contributed by atoms with Crippen molar-refractivity contribution < 1.29 is 14.3 Å². The van der Waals surface area contributed by atoms with Gasteiger partial charge in [0.2, 0.25) is 5.91 Å². The number of ketones is 1. The third-order valence-corrected chi connectivity index (χ3v) is 5.20. The average Bonchev–Trinajstić information content (AvgIpc) is 2.68. The van der Waals surface area contributed by atoms with E-state index in [-0.39, 0.29) is 35.9 Å². The zero-order chi connectivity index (χ0) is 16.9. The molecule has 138 valence electrons. The maximum Gasteiger partial charge on any atom is 0.226 e. The number of likely N-dealkylation sites (tertiary alicyclic amines) is 1. The summed E-state index contributed by atoms with van der Waals surface area (Å²) in [5.41, 5.74) is 0.733. The van der Waals surface area contributed by atoms with Crippen LogP contribution in [0.5, 0.6) is 5.75 Å². The van der Waals surface area contributed by atoms with Crippen molar-refractivity contribution in [3.8, 4) is 5.75 Å². The SMILES string of the molecule is COc1ccc(C(=O)C2CCN(C(=O)C3CCCNC3)CC2)cc1.Cl. The second-order valence-corrected chi connectivity index (χ2v) is 6.74. The summed E-state index contributed by atoms with van der Waals surface area (Å²) in [4.78, 5) is 27.1. The van der Waals surface area contributed by atoms with E-state index in [9.17, 15) is 9.59 Å². The molecule has 3 rings (SSSR count). The number of halogens is 1. The number of nitrogens with zero attached hydrogens (tertiary/aromatic N) is 1. The molecule has 0 spiro atoms. The fourth-order valence-corrected chi connectivity index (χ4v) is 3.67. The third-order valence-electron chi connectivity index (χ3n) is 5.20. The summed E-state index contributed by atoms with van der Waals surface area (Å²) in [5, 5.41) is 3.30. The average molecular weight is 367 g/mol. The summed E-state index contributed by atoms with van der Waals surface area (Å²) < 4.78 is 5.13. The molecule has 2 aliphatic rings. The number of benzene rings is 1. The Balaban J connectivity index is 0.00000225. The van der Waals surface area contributed by atoms with Gasteiger partial charge in [0.1, 0.15) is 5.75 Å². The molecule has 2 fully saturated rings. The van der Waals surface area contributed by atoms with Crippen molar-refractivity contribution in [2.24, 2.45) is 11.8 Å². The van der Waals surface area contributed by atoms with Gasteiger partial charge in [0, 0.05) is 31.1 Å². The highest BCUT2D eigenvalue weighted by Crippen LogP contribution is 2.25. The second kappa shape index (κ2) is 9.20. The number of Topliss-reactive ketones (excluding diaryl/α,β-unsaturated/α-hetero) is 1. The predicted octanol–water partition coefficient (Wildman–Crippen LogP) is 2.54. The van der Waals surface area contributed by atoms with Crippen molar-refractivity contribution in [1.82, 2.24) is 10.2 Å². The van der Waals surface area contributed by atoms with Crippen molar-refractivity contribution in [2.75, 3.05) is 33.3 Å². The van der Waals surface area contributed by atoms with Crippen LogP contribution in [0.25, 0.3) is 0 Å². The molecule has 5 nitrogen and oxygen atoms in total. The number of hydrogen-bond donors (Lipinski definition) is 1. The van der Waals surface area contributed by atoms with Crippen LogP contribution in [-0.2, 0) is 4.79 Å². The number of methoxy groups -OCH3 is 1. The summed E-state index contributed by atoms with van der Waals surface area (Å²) in [6.45, 7) is 3.20. The molecule has 1 aromatic rings. The standard InChI is InChI=1S/C19H26N2O3.ClH/c1-24-17-6-4-14(5-7-17)18(22)15-8-11-21(12-9-15)19(23)16-3-2-10-20-13-16;/h4-7,15-16,20H,2-3,8-13H2,1H3;1H. The lowest BCUT2D eigenvalue weighted by Crippen LogP contribution is -2.46. The second-order valence-electron chi connectivity index (χ2n) is 6.74. The Kier molecular flexibility index (Phi) is 7.26. The van der Waals surface area contributed by atoms with Crippen LogP contribution < -0.4 is 10.1 Å². The summed E-state index contributed by atoms with van der Waals surface area (Å²) in [7, 11) is 1.62. The van der Waals surface area contributed by atoms with Gasteiger partial charge in [0.15, 0.2) is 5.78 Å². The zero-order valence-electron chi connectivity index (χ0n) is 14.7. The first-order chi connectivity index (χ1) is 11.7. The highest BCUT2D eigenvalue weighted by molar-refractivity contribution is 5.98. The highest BCUT2D eigenvalue weighted by Gasteiger charge is 2.31. The summed E-state index contributed by atoms with van der Waals surface area (Å²) >= 11 is 0. The Bertz CT molecular complexity index is 577. The molecule has 2 heterocycles. The van der Waals surface area contributed by atoms with E-state index in [1.54, 1.807) is 7.11 Å². The maximum atomic E-state index is 12.6. The molecule has 2 saturated heterocycles. The van der Waals surface area contributed by atoms with E-state index in [0.717, 1.165) is 50.1 Å². The van der Waals surface area contributed by atoms with Gasteiger partial charge in [0.25, 0.3) is 0 Å². The number of carbonyl (C=O) groups excluding carboxylic acids is 2. The van der Waals surface area contributed by atoms with E-state index in [1.807, 2.05) is 29.2 Å². The molecule has 1 aromatic carbocycles. The van der Waals surface area contributed by atoms with Crippen molar-refractivity contribution in [2.45, 2.75) is 25.7 Å². The molecule has 6 heteroatoms. The predicted molar refractivity (Wildman–Crippen MR) is 99.5 cm³/mol. The van der Waals surface area contributed by atoms with Gasteiger partial charge < -0.3 is 15.0 Å². The van der Waals surface area contributed by atoms with Crippen LogP contribution in [0, 0.1) is 11.8 Å². The Labute approximate surface area is 155 Å². The van der Waals surface area contributed by atoms with E-state index < -0.39 is 0 Å². The Morgan fingerprint density at radius 1 is 1.08 bits per heavy atom. The van der Waals surface area contributed by atoms with Crippen molar-refractivity contribution >= 4 is 24.1 Å². The lowest BCUT2D eigenvalue weighted by atomic mass is 9.88. The highest BCUT2D eigenvalue weighted by atomic mass is 35.5. The minimum atomic E-state index is 0. The van der Waals surface area contributed by atoms with E-state index in [0.29, 0.717) is 13.1 Å². The van der Waals surface area contributed by atoms with Crippen molar-refractivity contribution in [1.29, 1.82) is 0 Å². The van der Waals surface area contributed by atoms with Gasteiger partial charge in [-0.3, -0.25) is 9.59 Å². The van der Waals surface area contributed by atoms with Gasteiger partial charge in [-0.15, -0.1) is 12.4 Å². The molecular formula is C19H27ClN2O3. The van der Waals surface area contributed by atoms with Gasteiger partial charge >= 0.3 is 0 Å². The number of hydrogen-bond acceptors (Lipinski definition) is 4. The summed E-state index contributed by atoms with van der Waals surface area (Å²) in [5.74, 6) is 1.34. The molecule has 0 bridgehead atoms. The quantitative estimate of drug-likeness (QED) is 0.832. The molecule has 0 aromatic heterocycles. The molecular weight excluding hydrogens is 340 g/mol. The topological polar surface area (TPSA) is 58.6 Å². The van der Waals surface area contributed by atoms with Crippen LogP contribution in [0.4, 0.5) is 0 Å². The number of carbonyl (C=O) groups is 2. The molecule has 2 aliphatic heterocycles. The van der Waals surface area contributed by atoms with Crippen LogP contribution >= 0.6 is 12.4 Å². The van der Waals surface area contributed by atoms with Crippen LogP contribution in [0.3, 0.4) is 0 Å². The molecule has 0 saturated carbocycles. The largest absolute Gasteiger partial charge is 0.497 e. The first-order valence-electron chi connectivity index (χ1n) is 8.87. The van der Waals surface area contributed by atoms with Gasteiger partial charge in [0.05, 0.1) is 13.0 Å². The van der Waals surface area contributed by atoms with Gasteiger partial charge in [-0.25, -0.2) is 0 Å². The molecule has 1 atom stereocenters. The summed E-state index contributed by atoms with van der Waals surface area (Å²) in [6.07, 6.45) is 3.58. The van der Waals surface area contributed by atoms with E-state index >= 15 is 0 Å². The monoisotopic (exact) mass is 366 g/mol. The number of amides is 1. The maximum absolute atomic E-state index is 12.6. The van der Waals surface area contributed by atoms with Crippen molar-refractivity contribution in [3.63, 3.8) is 0 Å². The molecule has 0 radical (unpaired) electrons. The number of piperidine rings is 2. The zero-order valence-corrected chi connectivity index (χ0v) is 15.5. The Morgan fingerprint density at radius 3 is 2.32 bits per heavy atom. The van der Waals surface area contributed by atoms with Gasteiger partial charge in [-0.05, 0) is 56.5 Å². The number of rotatable bonds is 4. The molecule has 0 aliphatic carbocycles. The van der Waals surface area contributed by atoms with E-state index in [4.69, 9.17) is 4.74 Å². The Hall–Kier alpha value is -1.59. The minimum Gasteiger partial charge on any atom is -0.497 e. The molecule has 1 amide bonds. The van der Waals surface area contributed by atoms with Crippen LogP contribution in [-0.4, -0.2) is 49.9 Å². The minimum absolute atomic E-state index is 0. The normalized spacial score (nSPS) is 21.3. The van der Waals surface area contributed by atoms with Crippen LogP contribution in [0.15, 0.2) is 24.3 Å². The van der Waals surface area contributed by atoms with Gasteiger partial charge in [-0.2, -0.15) is 0 Å². The Morgan fingerprint density at radius 2 is 1.76 bits per heavy atom. The van der Waals surface area contributed by atoms with Gasteiger partial charge in [-0.1, -0.05) is 0 Å². The number of ether oxygens (including phenoxy) is 1. The lowest BCUT2D eigenvalue weighted by Gasteiger charge is -2.35. The third kappa shape index (κ3) is 4.73. The fourth-order valence-electron chi connectivity index (χ4n) is 3.67. The van der Waals surface area contributed by atoms with Crippen LogP contribution in [0.1, 0.15) is 36.0 Å². The number of nitrogens with one attached hydrogen (secondary N) is 1. The first kappa shape index (κ1) is 19.7. The fraction of sp³-hybridized carbons (Fsp3) is 0.579. The summed E-state index contributed by atoms with van der Waals surface area (Å²) in [6, 6.07) is 7.29. The van der Waals surface area contributed by atoms with Crippen molar-refractivity contribution in [3.05, 3.63) is 29.8 Å². The van der Waals surface area contributed by atoms with E-state index in [2.05, 4.69) is 5.32 Å². The first-order valence-corrected chi connectivity index (χ1v) is 8.87. The molecule has 1 N–H and O–H groups in total. The molecule has 25 heavy (non-hydrogen) atoms. The smallest absolute Gasteiger partial charge is 0.226 e. The molecule has 1 unspecified atom stereocenters. The lowest BCUT2D eigenvalue weighted by molar-refractivity contribution is -0.137. The van der Waals surface area contributed by atoms with Crippen LogP contribution in [0.2, 0.25) is 0 Å². The van der Waals surface area contributed by atoms with E-state index in [1.165, 1.54) is 0 Å².